The average molecular weight is 454 g/mol. The third kappa shape index (κ3) is 4.77. The Morgan fingerprint density at radius 3 is 2.77 bits per heavy atom. The molecule has 0 fully saturated rings. The summed E-state index contributed by atoms with van der Waals surface area (Å²) < 4.78 is 0. The standard InChI is InChI=1S/C19H16N4OS2.C3H7NO/c24-17-16-12-6-2-4-8-14(12)26-19(16)23-15(22-17)9-25-18-11-5-1-3-7-13(11)20-10-21-18;1-4(2)3-5/h1,3,5,7,10H,2,4,6,8-9H2,(H,22,23,24);3H,1-2H3. The lowest BCUT2D eigenvalue weighted by Gasteiger charge is -2.09. The first-order valence-corrected chi connectivity index (χ1v) is 11.8. The minimum absolute atomic E-state index is 0.00227. The van der Waals surface area contributed by atoms with Crippen LogP contribution in [0.5, 0.6) is 0 Å². The molecule has 9 heteroatoms. The molecule has 3 heterocycles. The fourth-order valence-electron chi connectivity index (χ4n) is 3.51. The van der Waals surface area contributed by atoms with Crippen LogP contribution in [-0.2, 0) is 23.4 Å². The SMILES string of the molecule is CN(C)C=O.O=c1[nH]c(CSc2ncnc3ccccc23)nc2sc3c(c12)CCCC3. The van der Waals surface area contributed by atoms with Gasteiger partial charge in [0, 0.05) is 24.4 Å². The number of carbonyl (C=O) groups excluding carboxylic acids is 1. The van der Waals surface area contributed by atoms with Gasteiger partial charge in [-0.25, -0.2) is 15.0 Å². The van der Waals surface area contributed by atoms with Gasteiger partial charge in [-0.1, -0.05) is 30.0 Å². The van der Waals surface area contributed by atoms with Crippen molar-refractivity contribution in [1.82, 2.24) is 24.8 Å². The normalized spacial score (nSPS) is 12.8. The number of aromatic nitrogens is 4. The fraction of sp³-hybridized carbons (Fsp3) is 0.318. The third-order valence-electron chi connectivity index (χ3n) is 4.94. The van der Waals surface area contributed by atoms with E-state index in [1.165, 1.54) is 21.8 Å². The second kappa shape index (κ2) is 9.57. The minimum Gasteiger partial charge on any atom is -0.351 e. The summed E-state index contributed by atoms with van der Waals surface area (Å²) in [5.74, 6) is 1.28. The number of nitrogens with one attached hydrogen (secondary N) is 1. The predicted octanol–water partition coefficient (Wildman–Crippen LogP) is 3.80. The first-order chi connectivity index (χ1) is 15.1. The van der Waals surface area contributed by atoms with Gasteiger partial charge in [0.05, 0.1) is 16.7 Å². The Bertz CT molecular complexity index is 1280. The Morgan fingerprint density at radius 1 is 1.19 bits per heavy atom. The Balaban J connectivity index is 0.000000418. The minimum atomic E-state index is -0.00227. The van der Waals surface area contributed by atoms with Crippen LogP contribution in [0, 0.1) is 0 Å². The van der Waals surface area contributed by atoms with Gasteiger partial charge in [0.25, 0.3) is 5.56 Å². The summed E-state index contributed by atoms with van der Waals surface area (Å²) >= 11 is 3.26. The zero-order valence-corrected chi connectivity index (χ0v) is 19.1. The highest BCUT2D eigenvalue weighted by Gasteiger charge is 2.19. The molecule has 0 bridgehead atoms. The summed E-state index contributed by atoms with van der Waals surface area (Å²) in [6.07, 6.45) is 6.78. The van der Waals surface area contributed by atoms with Gasteiger partial charge >= 0.3 is 0 Å². The van der Waals surface area contributed by atoms with Crippen LogP contribution < -0.4 is 5.56 Å². The second-order valence-corrected chi connectivity index (χ2v) is 9.51. The molecule has 1 aromatic carbocycles. The van der Waals surface area contributed by atoms with Gasteiger partial charge in [0.15, 0.2) is 0 Å². The highest BCUT2D eigenvalue weighted by molar-refractivity contribution is 7.98. The molecular formula is C22H23N5O2S2. The molecule has 0 spiro atoms. The van der Waals surface area contributed by atoms with Gasteiger partial charge in [-0.05, 0) is 37.3 Å². The summed E-state index contributed by atoms with van der Waals surface area (Å²) in [4.78, 5) is 42.1. The molecule has 0 unspecified atom stereocenters. The molecule has 0 saturated heterocycles. The van der Waals surface area contributed by atoms with Gasteiger partial charge in [-0.3, -0.25) is 9.59 Å². The summed E-state index contributed by atoms with van der Waals surface area (Å²) in [6.45, 7) is 0. The van der Waals surface area contributed by atoms with Crippen molar-refractivity contribution in [2.75, 3.05) is 14.1 Å². The van der Waals surface area contributed by atoms with E-state index in [2.05, 4.69) is 15.0 Å². The smallest absolute Gasteiger partial charge is 0.259 e. The van der Waals surface area contributed by atoms with Crippen LogP contribution in [-0.4, -0.2) is 45.3 Å². The average Bonchev–Trinajstić information content (AvgIpc) is 3.17. The van der Waals surface area contributed by atoms with Crippen LogP contribution in [0.2, 0.25) is 0 Å². The zero-order chi connectivity index (χ0) is 21.8. The monoisotopic (exact) mass is 453 g/mol. The molecule has 0 atom stereocenters. The van der Waals surface area contributed by atoms with Crippen molar-refractivity contribution in [3.8, 4) is 0 Å². The molecule has 0 saturated carbocycles. The third-order valence-corrected chi connectivity index (χ3v) is 7.14. The molecule has 1 aliphatic rings. The van der Waals surface area contributed by atoms with Gasteiger partial charge in [0.2, 0.25) is 6.41 Å². The Hall–Kier alpha value is -2.78. The molecule has 3 aromatic heterocycles. The highest BCUT2D eigenvalue weighted by Crippen LogP contribution is 2.34. The molecule has 1 aliphatic carbocycles. The number of fused-ring (bicyclic) bond motifs is 4. The maximum absolute atomic E-state index is 12.6. The van der Waals surface area contributed by atoms with Gasteiger partial charge < -0.3 is 9.88 Å². The molecule has 5 rings (SSSR count). The van der Waals surface area contributed by atoms with Crippen molar-refractivity contribution in [2.24, 2.45) is 0 Å². The molecule has 1 N–H and O–H groups in total. The summed E-state index contributed by atoms with van der Waals surface area (Å²) in [6, 6.07) is 7.95. The van der Waals surface area contributed by atoms with E-state index in [9.17, 15) is 9.59 Å². The molecule has 4 aromatic rings. The number of carbonyl (C=O) groups is 1. The van der Waals surface area contributed by atoms with Crippen LogP contribution in [0.3, 0.4) is 0 Å². The number of rotatable bonds is 4. The van der Waals surface area contributed by atoms with Crippen molar-refractivity contribution >= 4 is 50.6 Å². The maximum Gasteiger partial charge on any atom is 0.259 e. The van der Waals surface area contributed by atoms with Gasteiger partial charge in [-0.2, -0.15) is 0 Å². The first-order valence-electron chi connectivity index (χ1n) is 10.0. The van der Waals surface area contributed by atoms with Crippen LogP contribution in [0.4, 0.5) is 0 Å². The number of amides is 1. The Labute approximate surface area is 187 Å². The molecule has 1 amide bonds. The zero-order valence-electron chi connectivity index (χ0n) is 17.4. The van der Waals surface area contributed by atoms with Crippen LogP contribution in [0.1, 0.15) is 29.1 Å². The quantitative estimate of drug-likeness (QED) is 0.287. The van der Waals surface area contributed by atoms with Gasteiger partial charge in [-0.15, -0.1) is 11.3 Å². The summed E-state index contributed by atoms with van der Waals surface area (Å²) in [5, 5.41) is 2.74. The summed E-state index contributed by atoms with van der Waals surface area (Å²) in [7, 11) is 3.38. The molecule has 0 radical (unpaired) electrons. The lowest BCUT2D eigenvalue weighted by Crippen LogP contribution is -2.12. The first kappa shape index (κ1) is 21.5. The number of aromatic amines is 1. The van der Waals surface area contributed by atoms with Crippen molar-refractivity contribution in [1.29, 1.82) is 0 Å². The van der Waals surface area contributed by atoms with Gasteiger partial charge in [0.1, 0.15) is 22.0 Å². The van der Waals surface area contributed by atoms with Crippen LogP contribution >= 0.6 is 23.1 Å². The van der Waals surface area contributed by atoms with E-state index in [-0.39, 0.29) is 5.56 Å². The lowest BCUT2D eigenvalue weighted by molar-refractivity contribution is -0.115. The van der Waals surface area contributed by atoms with E-state index in [0.717, 1.165) is 51.8 Å². The Morgan fingerprint density at radius 2 is 1.97 bits per heavy atom. The van der Waals surface area contributed by atoms with Crippen LogP contribution in [0.15, 0.2) is 40.4 Å². The van der Waals surface area contributed by atoms with Crippen molar-refractivity contribution in [2.45, 2.75) is 36.5 Å². The molecule has 31 heavy (non-hydrogen) atoms. The van der Waals surface area contributed by atoms with Crippen molar-refractivity contribution < 1.29 is 4.79 Å². The van der Waals surface area contributed by atoms with Crippen LogP contribution in [0.25, 0.3) is 21.1 Å². The molecule has 0 aliphatic heterocycles. The topological polar surface area (TPSA) is 91.8 Å². The van der Waals surface area contributed by atoms with E-state index in [1.54, 1.807) is 43.5 Å². The highest BCUT2D eigenvalue weighted by atomic mass is 32.2. The van der Waals surface area contributed by atoms with Crippen molar-refractivity contribution in [3.63, 3.8) is 0 Å². The van der Waals surface area contributed by atoms with E-state index < -0.39 is 0 Å². The summed E-state index contributed by atoms with van der Waals surface area (Å²) in [5.41, 5.74) is 2.15. The Kier molecular flexibility index (Phi) is 6.62. The number of nitrogens with zero attached hydrogens (tertiary/aromatic N) is 4. The van der Waals surface area contributed by atoms with E-state index in [1.807, 2.05) is 24.3 Å². The number of thiophene rings is 1. The number of benzene rings is 1. The molecule has 7 nitrogen and oxygen atoms in total. The second-order valence-electron chi connectivity index (χ2n) is 7.46. The maximum atomic E-state index is 12.6. The number of aryl methyl sites for hydroxylation is 2. The number of thioether (sulfide) groups is 1. The molecular weight excluding hydrogens is 430 g/mol. The fourth-order valence-corrected chi connectivity index (χ4v) is 5.65. The number of hydrogen-bond donors (Lipinski definition) is 1. The van der Waals surface area contributed by atoms with Crippen molar-refractivity contribution in [3.05, 3.63) is 57.2 Å². The number of para-hydroxylation sites is 1. The predicted molar refractivity (Wildman–Crippen MR) is 126 cm³/mol. The van der Waals surface area contributed by atoms with E-state index in [0.29, 0.717) is 11.6 Å². The van der Waals surface area contributed by atoms with E-state index in [4.69, 9.17) is 4.98 Å². The molecule has 160 valence electrons. The number of H-pyrrole nitrogens is 1. The largest absolute Gasteiger partial charge is 0.351 e. The van der Waals surface area contributed by atoms with E-state index >= 15 is 0 Å². The number of hydrogen-bond acceptors (Lipinski definition) is 7. The lowest BCUT2D eigenvalue weighted by atomic mass is 9.97.